The third-order valence-electron chi connectivity index (χ3n) is 3.79. The fourth-order valence-corrected chi connectivity index (χ4v) is 2.82. The number of aromatic amines is 1. The highest BCUT2D eigenvalue weighted by atomic mass is 16.1. The molecule has 1 aliphatic rings. The summed E-state index contributed by atoms with van der Waals surface area (Å²) in [5, 5.41) is 10.0. The summed E-state index contributed by atoms with van der Waals surface area (Å²) < 4.78 is 0. The molecular weight excluding hydrogens is 238 g/mol. The SMILES string of the molecule is Cc1n[nH]c(C)c1C(=O)NC1CCc2ccccc21. The molecule has 0 spiro atoms. The second kappa shape index (κ2) is 4.53. The molecule has 1 unspecified atom stereocenters. The van der Waals surface area contributed by atoms with Crippen LogP contribution in [0.4, 0.5) is 0 Å². The van der Waals surface area contributed by atoms with Crippen LogP contribution in [0.1, 0.15) is 45.3 Å². The number of hydrogen-bond donors (Lipinski definition) is 2. The summed E-state index contributed by atoms with van der Waals surface area (Å²) in [6.07, 6.45) is 2.01. The van der Waals surface area contributed by atoms with E-state index >= 15 is 0 Å². The quantitative estimate of drug-likeness (QED) is 0.866. The van der Waals surface area contributed by atoms with Crippen molar-refractivity contribution in [2.24, 2.45) is 0 Å². The number of amides is 1. The first kappa shape index (κ1) is 12.0. The number of nitrogens with zero attached hydrogens (tertiary/aromatic N) is 1. The van der Waals surface area contributed by atoms with Crippen molar-refractivity contribution >= 4 is 5.91 Å². The number of fused-ring (bicyclic) bond motifs is 1. The topological polar surface area (TPSA) is 57.8 Å². The molecule has 1 aliphatic carbocycles. The standard InChI is InChI=1S/C15H17N3O/c1-9-14(10(2)18-17-9)15(19)16-13-8-7-11-5-3-4-6-12(11)13/h3-6,13H,7-8H2,1-2H3,(H,16,19)(H,17,18). The van der Waals surface area contributed by atoms with E-state index in [4.69, 9.17) is 0 Å². The number of H-pyrrole nitrogens is 1. The van der Waals surface area contributed by atoms with Gasteiger partial charge >= 0.3 is 0 Å². The Morgan fingerprint density at radius 1 is 1.37 bits per heavy atom. The summed E-state index contributed by atoms with van der Waals surface area (Å²) in [7, 11) is 0. The average Bonchev–Trinajstić information content (AvgIpc) is 2.94. The average molecular weight is 255 g/mol. The van der Waals surface area contributed by atoms with E-state index in [-0.39, 0.29) is 11.9 Å². The van der Waals surface area contributed by atoms with Crippen LogP contribution in [-0.2, 0) is 6.42 Å². The van der Waals surface area contributed by atoms with Gasteiger partial charge in [-0.2, -0.15) is 5.10 Å². The van der Waals surface area contributed by atoms with Crippen LogP contribution in [0.25, 0.3) is 0 Å². The molecule has 1 atom stereocenters. The third-order valence-corrected chi connectivity index (χ3v) is 3.79. The van der Waals surface area contributed by atoms with Crippen LogP contribution < -0.4 is 5.32 Å². The Morgan fingerprint density at radius 2 is 2.16 bits per heavy atom. The number of carbonyl (C=O) groups excluding carboxylic acids is 1. The first-order valence-corrected chi connectivity index (χ1v) is 6.57. The molecular formula is C15H17N3O. The molecule has 0 aliphatic heterocycles. The number of benzene rings is 1. The lowest BCUT2D eigenvalue weighted by atomic mass is 10.1. The van der Waals surface area contributed by atoms with Gasteiger partial charge in [0.2, 0.25) is 0 Å². The van der Waals surface area contributed by atoms with E-state index in [0.29, 0.717) is 5.56 Å². The number of aromatic nitrogens is 2. The normalized spacial score (nSPS) is 17.3. The Bertz CT molecular complexity index is 611. The number of aryl methyl sites for hydroxylation is 3. The van der Waals surface area contributed by atoms with Crippen molar-refractivity contribution in [1.82, 2.24) is 15.5 Å². The zero-order valence-electron chi connectivity index (χ0n) is 11.2. The van der Waals surface area contributed by atoms with Crippen molar-refractivity contribution in [3.8, 4) is 0 Å². The first-order valence-electron chi connectivity index (χ1n) is 6.57. The van der Waals surface area contributed by atoms with Crippen molar-refractivity contribution in [3.63, 3.8) is 0 Å². The van der Waals surface area contributed by atoms with Crippen LogP contribution in [-0.4, -0.2) is 16.1 Å². The highest BCUT2D eigenvalue weighted by Crippen LogP contribution is 2.31. The van der Waals surface area contributed by atoms with E-state index in [2.05, 4.69) is 27.6 Å². The van der Waals surface area contributed by atoms with Crippen molar-refractivity contribution in [2.75, 3.05) is 0 Å². The maximum atomic E-state index is 12.3. The first-order chi connectivity index (χ1) is 9.16. The van der Waals surface area contributed by atoms with Crippen molar-refractivity contribution in [2.45, 2.75) is 32.7 Å². The maximum Gasteiger partial charge on any atom is 0.255 e. The van der Waals surface area contributed by atoms with Crippen molar-refractivity contribution < 1.29 is 4.79 Å². The van der Waals surface area contributed by atoms with Crippen molar-refractivity contribution in [3.05, 3.63) is 52.3 Å². The van der Waals surface area contributed by atoms with E-state index in [1.807, 2.05) is 26.0 Å². The molecule has 2 N–H and O–H groups in total. The van der Waals surface area contributed by atoms with Gasteiger partial charge in [0.1, 0.15) is 0 Å². The second-order valence-corrected chi connectivity index (χ2v) is 5.07. The highest BCUT2D eigenvalue weighted by Gasteiger charge is 2.25. The van der Waals surface area contributed by atoms with Crippen molar-refractivity contribution in [1.29, 1.82) is 0 Å². The van der Waals surface area contributed by atoms with E-state index in [0.717, 1.165) is 24.2 Å². The zero-order valence-corrected chi connectivity index (χ0v) is 11.2. The lowest BCUT2D eigenvalue weighted by Gasteiger charge is -2.14. The molecule has 0 bridgehead atoms. The Kier molecular flexibility index (Phi) is 2.85. The van der Waals surface area contributed by atoms with Crippen LogP contribution in [0, 0.1) is 13.8 Å². The molecule has 1 aromatic heterocycles. The van der Waals surface area contributed by atoms with Crippen LogP contribution in [0.5, 0.6) is 0 Å². The van der Waals surface area contributed by atoms with Gasteiger partial charge in [-0.3, -0.25) is 9.89 Å². The highest BCUT2D eigenvalue weighted by molar-refractivity contribution is 5.96. The smallest absolute Gasteiger partial charge is 0.255 e. The minimum absolute atomic E-state index is 0.0366. The maximum absolute atomic E-state index is 12.3. The molecule has 0 radical (unpaired) electrons. The summed E-state index contributed by atoms with van der Waals surface area (Å²) in [5.41, 5.74) is 4.83. The summed E-state index contributed by atoms with van der Waals surface area (Å²) >= 11 is 0. The molecule has 3 rings (SSSR count). The number of hydrogen-bond acceptors (Lipinski definition) is 2. The van der Waals surface area contributed by atoms with E-state index in [1.165, 1.54) is 11.1 Å². The van der Waals surface area contributed by atoms with Gasteiger partial charge in [0.15, 0.2) is 0 Å². The molecule has 1 amide bonds. The summed E-state index contributed by atoms with van der Waals surface area (Å²) in [5.74, 6) is -0.0366. The Hall–Kier alpha value is -2.10. The van der Waals surface area contributed by atoms with Crippen LogP contribution in [0.15, 0.2) is 24.3 Å². The minimum Gasteiger partial charge on any atom is -0.345 e. The molecule has 1 heterocycles. The Labute approximate surface area is 112 Å². The second-order valence-electron chi connectivity index (χ2n) is 5.07. The third kappa shape index (κ3) is 2.03. The summed E-state index contributed by atoms with van der Waals surface area (Å²) in [6.45, 7) is 3.72. The Balaban J connectivity index is 1.82. The zero-order chi connectivity index (χ0) is 13.4. The Morgan fingerprint density at radius 3 is 2.89 bits per heavy atom. The van der Waals surface area contributed by atoms with E-state index in [9.17, 15) is 4.79 Å². The van der Waals surface area contributed by atoms with Gasteiger partial charge in [-0.25, -0.2) is 0 Å². The largest absolute Gasteiger partial charge is 0.345 e. The minimum atomic E-state index is -0.0366. The molecule has 0 fully saturated rings. The number of rotatable bonds is 2. The van der Waals surface area contributed by atoms with Gasteiger partial charge in [0.05, 0.1) is 17.3 Å². The van der Waals surface area contributed by atoms with E-state index < -0.39 is 0 Å². The lowest BCUT2D eigenvalue weighted by molar-refractivity contribution is 0.0935. The molecule has 2 aromatic rings. The van der Waals surface area contributed by atoms with Gasteiger partial charge in [-0.15, -0.1) is 0 Å². The molecule has 19 heavy (non-hydrogen) atoms. The van der Waals surface area contributed by atoms with E-state index in [1.54, 1.807) is 0 Å². The lowest BCUT2D eigenvalue weighted by Crippen LogP contribution is -2.27. The molecule has 0 saturated heterocycles. The fourth-order valence-electron chi connectivity index (χ4n) is 2.82. The predicted molar refractivity (Wildman–Crippen MR) is 73.0 cm³/mol. The van der Waals surface area contributed by atoms with Gasteiger partial charge < -0.3 is 5.32 Å². The molecule has 98 valence electrons. The van der Waals surface area contributed by atoms with Gasteiger partial charge in [0.25, 0.3) is 5.91 Å². The monoisotopic (exact) mass is 255 g/mol. The van der Waals surface area contributed by atoms with Crippen LogP contribution >= 0.6 is 0 Å². The molecule has 0 saturated carbocycles. The number of carbonyl (C=O) groups is 1. The van der Waals surface area contributed by atoms with Crippen LogP contribution in [0.3, 0.4) is 0 Å². The molecule has 4 heteroatoms. The van der Waals surface area contributed by atoms with Gasteiger partial charge in [-0.05, 0) is 37.8 Å². The molecule has 1 aromatic carbocycles. The summed E-state index contributed by atoms with van der Waals surface area (Å²) in [4.78, 5) is 12.3. The van der Waals surface area contributed by atoms with Gasteiger partial charge in [0, 0.05) is 5.69 Å². The predicted octanol–water partition coefficient (Wildman–Crippen LogP) is 2.44. The van der Waals surface area contributed by atoms with Gasteiger partial charge in [-0.1, -0.05) is 24.3 Å². The van der Waals surface area contributed by atoms with Crippen LogP contribution in [0.2, 0.25) is 0 Å². The summed E-state index contributed by atoms with van der Waals surface area (Å²) in [6, 6.07) is 8.43. The fraction of sp³-hybridized carbons (Fsp3) is 0.333. The molecule has 4 nitrogen and oxygen atoms in total. The number of nitrogens with one attached hydrogen (secondary N) is 2.